The first-order valence-corrected chi connectivity index (χ1v) is 15.4. The first kappa shape index (κ1) is 30.2. The zero-order chi connectivity index (χ0) is 31.2. The van der Waals surface area contributed by atoms with Gasteiger partial charge in [-0.2, -0.15) is 0 Å². The Morgan fingerprint density at radius 1 is 1.23 bits per heavy atom. The molecule has 3 heterocycles. The summed E-state index contributed by atoms with van der Waals surface area (Å²) < 4.78 is 39.8. The number of benzene rings is 2. The van der Waals surface area contributed by atoms with Crippen molar-refractivity contribution in [2.24, 2.45) is 5.92 Å². The zero-order valence-electron chi connectivity index (χ0n) is 24.1. The topological polar surface area (TPSA) is 111 Å². The smallest absolute Gasteiger partial charge is 0.409 e. The van der Waals surface area contributed by atoms with Crippen LogP contribution in [0.2, 0.25) is 5.02 Å². The highest BCUT2D eigenvalue weighted by atomic mass is 35.5. The van der Waals surface area contributed by atoms with Gasteiger partial charge in [-0.15, -0.1) is 0 Å². The van der Waals surface area contributed by atoms with E-state index in [0.717, 1.165) is 36.3 Å². The zero-order valence-corrected chi connectivity index (χ0v) is 25.7. The van der Waals surface area contributed by atoms with E-state index < -0.39 is 35.2 Å². The number of guanidine groups is 1. The van der Waals surface area contributed by atoms with Crippen molar-refractivity contribution in [2.45, 2.75) is 24.4 Å². The van der Waals surface area contributed by atoms with Crippen molar-refractivity contribution in [3.8, 4) is 10.6 Å². The fourth-order valence-corrected chi connectivity index (χ4v) is 6.99. The maximum absolute atomic E-state index is 14.4. The molecule has 2 saturated heterocycles. The van der Waals surface area contributed by atoms with Gasteiger partial charge in [-0.1, -0.05) is 29.0 Å². The van der Waals surface area contributed by atoms with E-state index in [2.05, 4.69) is 15.2 Å². The number of aromatic nitrogens is 1. The molecule has 0 spiro atoms. The predicted molar refractivity (Wildman–Crippen MR) is 162 cm³/mol. The number of amides is 2. The fourth-order valence-electron chi connectivity index (χ4n) is 5.73. The van der Waals surface area contributed by atoms with Crippen LogP contribution in [0.3, 0.4) is 0 Å². The van der Waals surface area contributed by atoms with Crippen LogP contribution < -0.4 is 10.2 Å². The molecule has 2 aliphatic heterocycles. The first-order valence-electron chi connectivity index (χ1n) is 14.2. The molecule has 3 fully saturated rings. The third-order valence-electron chi connectivity index (χ3n) is 8.08. The Balaban J connectivity index is 1.39. The second-order valence-electron chi connectivity index (χ2n) is 11.2. The summed E-state index contributed by atoms with van der Waals surface area (Å²) in [4.78, 5) is 36.2. The van der Waals surface area contributed by atoms with E-state index in [1.54, 1.807) is 24.4 Å². The number of hydrogen-bond acceptors (Lipinski definition) is 8. The lowest BCUT2D eigenvalue weighted by molar-refractivity contribution is -0.134. The highest BCUT2D eigenvalue weighted by molar-refractivity contribution is 7.19. The number of nitrogens with zero attached hydrogens (tertiary/aromatic N) is 4. The van der Waals surface area contributed by atoms with Crippen LogP contribution in [0, 0.1) is 23.0 Å². The molecule has 14 heteroatoms. The van der Waals surface area contributed by atoms with Crippen molar-refractivity contribution in [3.63, 3.8) is 0 Å². The number of ether oxygens (including phenoxy) is 2. The van der Waals surface area contributed by atoms with Crippen LogP contribution in [0.15, 0.2) is 42.6 Å². The molecule has 3 aliphatic rings. The number of morpholine rings is 1. The minimum absolute atomic E-state index is 0.106. The predicted octanol–water partition coefficient (Wildman–Crippen LogP) is 4.99. The Morgan fingerprint density at radius 3 is 2.59 bits per heavy atom. The average Bonchev–Trinajstić information content (AvgIpc) is 3.67. The Labute approximate surface area is 262 Å². The highest BCUT2D eigenvalue weighted by Gasteiger charge is 2.60. The van der Waals surface area contributed by atoms with Crippen molar-refractivity contribution in [2.75, 3.05) is 51.9 Å². The summed E-state index contributed by atoms with van der Waals surface area (Å²) in [5.74, 6) is -2.74. The molecular formula is C30H31ClF2N6O4S. The van der Waals surface area contributed by atoms with Crippen LogP contribution in [0.25, 0.3) is 10.6 Å². The Morgan fingerprint density at radius 2 is 1.93 bits per heavy atom. The summed E-state index contributed by atoms with van der Waals surface area (Å²) >= 11 is 8.13. The summed E-state index contributed by atoms with van der Waals surface area (Å²) in [6.07, 6.45) is 2.43. The molecule has 44 heavy (non-hydrogen) atoms. The van der Waals surface area contributed by atoms with E-state index in [4.69, 9.17) is 26.5 Å². The van der Waals surface area contributed by atoms with Crippen LogP contribution >= 0.6 is 22.9 Å². The van der Waals surface area contributed by atoms with E-state index in [1.807, 2.05) is 0 Å². The third kappa shape index (κ3) is 5.59. The molecule has 0 radical (unpaired) electrons. The number of thiazole rings is 1. The molecule has 10 nitrogen and oxygen atoms in total. The van der Waals surface area contributed by atoms with E-state index in [0.29, 0.717) is 47.2 Å². The van der Waals surface area contributed by atoms with Crippen molar-refractivity contribution in [1.82, 2.24) is 20.1 Å². The van der Waals surface area contributed by atoms with Crippen LogP contribution in [-0.2, 0) is 19.8 Å². The van der Waals surface area contributed by atoms with E-state index in [1.165, 1.54) is 35.2 Å². The van der Waals surface area contributed by atoms with Crippen molar-refractivity contribution in [3.05, 3.63) is 70.4 Å². The lowest BCUT2D eigenvalue weighted by atomic mass is 9.84. The van der Waals surface area contributed by atoms with Gasteiger partial charge in [0, 0.05) is 38.8 Å². The molecule has 2 atom stereocenters. The Kier molecular flexibility index (Phi) is 8.20. The molecule has 1 aliphatic carbocycles. The molecule has 0 bridgehead atoms. The summed E-state index contributed by atoms with van der Waals surface area (Å²) in [7, 11) is 3.07. The summed E-state index contributed by atoms with van der Waals surface area (Å²) in [6, 6.07) is 7.19. The molecular weight excluding hydrogens is 614 g/mol. The standard InChI is InChI=1S/C30H31ClF2N6O4S/c1-37(2)29(41)43-16-24(17-3-6-23(31)22(11-17)26-35-15-25(44-26)38-7-9-42-10-8-38)39-27(40)30(18-4-5-18,36-28(39)34)19-12-20(32)14-21(33)13-19/h3,6,11-15,18,24H,4-5,7-10,16H2,1-2H3,(H2,34,36)/t24-,30-/m1/s1. The third-order valence-corrected chi connectivity index (χ3v) is 9.50. The molecule has 0 unspecified atom stereocenters. The Bertz CT molecular complexity index is 1590. The maximum atomic E-state index is 14.4. The lowest BCUT2D eigenvalue weighted by Crippen LogP contribution is -2.47. The number of halogens is 3. The van der Waals surface area contributed by atoms with E-state index in [9.17, 15) is 18.4 Å². The molecule has 2 amide bonds. The molecule has 2 aromatic carbocycles. The van der Waals surface area contributed by atoms with E-state index >= 15 is 0 Å². The van der Waals surface area contributed by atoms with Crippen molar-refractivity contribution in [1.29, 1.82) is 5.41 Å². The number of carbonyl (C=O) groups is 2. The molecule has 1 saturated carbocycles. The number of nitrogens with one attached hydrogen (secondary N) is 2. The van der Waals surface area contributed by atoms with E-state index in [-0.39, 0.29) is 24.0 Å². The SMILES string of the molecule is CN(C)C(=O)OC[C@H](c1ccc(Cl)c(-c2ncc(N3CCOCC3)s2)c1)N1C(=N)N[C@@](c2cc(F)cc(F)c2)(C2CC2)C1=O. The quantitative estimate of drug-likeness (QED) is 0.356. The minimum atomic E-state index is -1.54. The second kappa shape index (κ2) is 11.9. The maximum Gasteiger partial charge on any atom is 0.409 e. The van der Waals surface area contributed by atoms with Gasteiger partial charge in [0.05, 0.1) is 30.5 Å². The highest BCUT2D eigenvalue weighted by Crippen LogP contribution is 2.50. The van der Waals surface area contributed by atoms with Crippen molar-refractivity contribution >= 4 is 45.9 Å². The molecule has 1 aromatic heterocycles. The summed E-state index contributed by atoms with van der Waals surface area (Å²) in [6.45, 7) is 2.47. The van der Waals surface area contributed by atoms with Crippen molar-refractivity contribution < 1.29 is 27.8 Å². The van der Waals surface area contributed by atoms with Gasteiger partial charge in [0.15, 0.2) is 5.96 Å². The van der Waals surface area contributed by atoms with Gasteiger partial charge >= 0.3 is 6.09 Å². The largest absolute Gasteiger partial charge is 0.447 e. The number of rotatable bonds is 8. The van der Waals surface area contributed by atoms with Gasteiger partial charge in [0.1, 0.15) is 33.8 Å². The number of anilines is 1. The number of carbonyl (C=O) groups excluding carboxylic acids is 2. The average molecular weight is 645 g/mol. The lowest BCUT2D eigenvalue weighted by Gasteiger charge is -2.31. The molecule has 232 valence electrons. The van der Waals surface area contributed by atoms with Crippen LogP contribution in [-0.4, -0.2) is 79.7 Å². The minimum Gasteiger partial charge on any atom is -0.447 e. The summed E-state index contributed by atoms with van der Waals surface area (Å²) in [5.41, 5.74) is -0.282. The molecule has 2 N–H and O–H groups in total. The van der Waals surface area contributed by atoms with Gasteiger partial charge < -0.3 is 24.6 Å². The van der Waals surface area contributed by atoms with Crippen LogP contribution in [0.1, 0.15) is 30.0 Å². The molecule has 6 rings (SSSR count). The van der Waals surface area contributed by atoms with Gasteiger partial charge in [-0.25, -0.2) is 18.6 Å². The van der Waals surface area contributed by atoms with Gasteiger partial charge in [0.2, 0.25) is 0 Å². The van der Waals surface area contributed by atoms with Gasteiger partial charge in [0.25, 0.3) is 5.91 Å². The normalized spacial score (nSPS) is 20.9. The van der Waals surface area contributed by atoms with Gasteiger partial charge in [-0.05, 0) is 54.2 Å². The summed E-state index contributed by atoms with van der Waals surface area (Å²) in [5, 5.41) is 13.9. The Hall–Kier alpha value is -3.81. The first-order chi connectivity index (χ1) is 21.1. The van der Waals surface area contributed by atoms with Crippen LogP contribution in [0.5, 0.6) is 0 Å². The fraction of sp³-hybridized carbons (Fsp3) is 0.400. The van der Waals surface area contributed by atoms with Gasteiger partial charge in [-0.3, -0.25) is 15.1 Å². The number of hydrogen-bond donors (Lipinski definition) is 2. The molecule has 3 aromatic rings. The second-order valence-corrected chi connectivity index (χ2v) is 12.6. The van der Waals surface area contributed by atoms with Crippen LogP contribution in [0.4, 0.5) is 18.6 Å². The monoisotopic (exact) mass is 644 g/mol.